The molecule has 0 saturated heterocycles. The van der Waals surface area contributed by atoms with Crippen LogP contribution in [0.5, 0.6) is 5.75 Å². The van der Waals surface area contributed by atoms with E-state index in [1.807, 2.05) is 39.0 Å². The Morgan fingerprint density at radius 3 is 2.52 bits per heavy atom. The minimum Gasteiger partial charge on any atom is -0.483 e. The summed E-state index contributed by atoms with van der Waals surface area (Å²) in [6.07, 6.45) is 0.458. The van der Waals surface area contributed by atoms with E-state index < -0.39 is 6.04 Å². The highest BCUT2D eigenvalue weighted by Gasteiger charge is 2.29. The van der Waals surface area contributed by atoms with Gasteiger partial charge < -0.3 is 15.0 Å². The van der Waals surface area contributed by atoms with Gasteiger partial charge in [0.15, 0.2) is 6.61 Å². The fourth-order valence-electron chi connectivity index (χ4n) is 3.02. The molecule has 29 heavy (non-hydrogen) atoms. The molecule has 1 atom stereocenters. The number of aryl methyl sites for hydroxylation is 1. The molecule has 0 spiro atoms. The fraction of sp³-hybridized carbons (Fsp3) is 0.364. The van der Waals surface area contributed by atoms with Crippen LogP contribution in [0.25, 0.3) is 0 Å². The zero-order valence-corrected chi connectivity index (χ0v) is 18.6. The average molecular weight is 437 g/mol. The first kappa shape index (κ1) is 23.0. The molecule has 0 aliphatic heterocycles. The first-order valence-corrected chi connectivity index (χ1v) is 10.2. The number of nitrogens with zero attached hydrogens (tertiary/aromatic N) is 1. The van der Waals surface area contributed by atoms with Gasteiger partial charge in [-0.1, -0.05) is 48.3 Å². The SMILES string of the molecule is CC[C@H](C(=O)NC)N(Cc1ccc(Cl)cc1Cl)C(=O)COc1cccc(C)c1C. The van der Waals surface area contributed by atoms with Crippen molar-refractivity contribution in [3.05, 3.63) is 63.1 Å². The second kappa shape index (κ2) is 10.5. The summed E-state index contributed by atoms with van der Waals surface area (Å²) in [6.45, 7) is 5.78. The van der Waals surface area contributed by atoms with Crippen LogP contribution >= 0.6 is 23.2 Å². The molecule has 0 unspecified atom stereocenters. The summed E-state index contributed by atoms with van der Waals surface area (Å²) in [7, 11) is 1.55. The largest absolute Gasteiger partial charge is 0.483 e. The number of rotatable bonds is 8. The standard InChI is InChI=1S/C22H26Cl2N2O3/c1-5-19(22(28)25-4)26(12-16-9-10-17(23)11-18(16)24)21(27)13-29-20-8-6-7-14(2)15(20)3/h6-11,19H,5,12-13H2,1-4H3,(H,25,28)/t19-/m1/s1. The number of hydrogen-bond donors (Lipinski definition) is 1. The van der Waals surface area contributed by atoms with Crippen molar-refractivity contribution in [2.75, 3.05) is 13.7 Å². The molecule has 0 fully saturated rings. The lowest BCUT2D eigenvalue weighted by Crippen LogP contribution is -2.49. The lowest BCUT2D eigenvalue weighted by atomic mass is 10.1. The highest BCUT2D eigenvalue weighted by molar-refractivity contribution is 6.35. The Morgan fingerprint density at radius 1 is 1.17 bits per heavy atom. The first-order valence-electron chi connectivity index (χ1n) is 9.42. The number of carbonyl (C=O) groups is 2. The van der Waals surface area contributed by atoms with Gasteiger partial charge in [0, 0.05) is 23.6 Å². The van der Waals surface area contributed by atoms with E-state index in [0.29, 0.717) is 27.8 Å². The summed E-state index contributed by atoms with van der Waals surface area (Å²) < 4.78 is 5.78. The Labute approximate surface area is 181 Å². The van der Waals surface area contributed by atoms with Crippen LogP contribution in [-0.2, 0) is 16.1 Å². The number of carbonyl (C=O) groups excluding carboxylic acids is 2. The van der Waals surface area contributed by atoms with E-state index in [9.17, 15) is 9.59 Å². The van der Waals surface area contributed by atoms with Crippen LogP contribution in [0.4, 0.5) is 0 Å². The monoisotopic (exact) mass is 436 g/mol. The Balaban J connectivity index is 2.26. The number of ether oxygens (including phenoxy) is 1. The van der Waals surface area contributed by atoms with Gasteiger partial charge >= 0.3 is 0 Å². The van der Waals surface area contributed by atoms with Crippen molar-refractivity contribution in [1.82, 2.24) is 10.2 Å². The van der Waals surface area contributed by atoms with E-state index in [4.69, 9.17) is 27.9 Å². The van der Waals surface area contributed by atoms with Gasteiger partial charge in [-0.15, -0.1) is 0 Å². The molecule has 0 aliphatic rings. The minimum atomic E-state index is -0.638. The van der Waals surface area contributed by atoms with Crippen molar-refractivity contribution in [3.63, 3.8) is 0 Å². The lowest BCUT2D eigenvalue weighted by molar-refractivity contribution is -0.142. The topological polar surface area (TPSA) is 58.6 Å². The highest BCUT2D eigenvalue weighted by Crippen LogP contribution is 2.24. The molecule has 2 aromatic rings. The van der Waals surface area contributed by atoms with E-state index >= 15 is 0 Å². The molecule has 156 valence electrons. The summed E-state index contributed by atoms with van der Waals surface area (Å²) >= 11 is 12.3. The minimum absolute atomic E-state index is 0.178. The fourth-order valence-corrected chi connectivity index (χ4v) is 3.49. The first-order chi connectivity index (χ1) is 13.8. The Kier molecular flexibility index (Phi) is 8.35. The molecule has 0 heterocycles. The number of benzene rings is 2. The van der Waals surface area contributed by atoms with Crippen LogP contribution in [-0.4, -0.2) is 36.4 Å². The van der Waals surface area contributed by atoms with Crippen LogP contribution in [0.3, 0.4) is 0 Å². The molecular weight excluding hydrogens is 411 g/mol. The van der Waals surface area contributed by atoms with E-state index in [1.54, 1.807) is 25.2 Å². The number of halogens is 2. The van der Waals surface area contributed by atoms with Gasteiger partial charge in [-0.25, -0.2) is 0 Å². The molecule has 0 radical (unpaired) electrons. The predicted octanol–water partition coefficient (Wildman–Crippen LogP) is 4.54. The normalized spacial score (nSPS) is 11.7. The molecule has 0 bridgehead atoms. The summed E-state index contributed by atoms with van der Waals surface area (Å²) in [4.78, 5) is 27.0. The number of likely N-dealkylation sites (N-methyl/N-ethyl adjacent to an activating group) is 1. The summed E-state index contributed by atoms with van der Waals surface area (Å²) in [5, 5.41) is 3.57. The van der Waals surface area contributed by atoms with E-state index in [-0.39, 0.29) is 25.0 Å². The third-order valence-corrected chi connectivity index (χ3v) is 5.48. The van der Waals surface area contributed by atoms with Crippen LogP contribution < -0.4 is 10.1 Å². The molecule has 2 amide bonds. The molecule has 0 aromatic heterocycles. The zero-order valence-electron chi connectivity index (χ0n) is 17.1. The van der Waals surface area contributed by atoms with Gasteiger partial charge in [-0.2, -0.15) is 0 Å². The second-order valence-electron chi connectivity index (χ2n) is 6.78. The zero-order chi connectivity index (χ0) is 21.6. The van der Waals surface area contributed by atoms with Crippen molar-refractivity contribution < 1.29 is 14.3 Å². The number of nitrogens with one attached hydrogen (secondary N) is 1. The molecule has 1 N–H and O–H groups in total. The van der Waals surface area contributed by atoms with Gasteiger partial charge in [0.05, 0.1) is 0 Å². The van der Waals surface area contributed by atoms with E-state index in [1.165, 1.54) is 4.90 Å². The highest BCUT2D eigenvalue weighted by atomic mass is 35.5. The third-order valence-electron chi connectivity index (χ3n) is 4.89. The van der Waals surface area contributed by atoms with E-state index in [0.717, 1.165) is 11.1 Å². The Hall–Kier alpha value is -2.24. The lowest BCUT2D eigenvalue weighted by Gasteiger charge is -2.30. The quantitative estimate of drug-likeness (QED) is 0.660. The van der Waals surface area contributed by atoms with Crippen molar-refractivity contribution >= 4 is 35.0 Å². The van der Waals surface area contributed by atoms with Gasteiger partial charge in [0.25, 0.3) is 5.91 Å². The van der Waals surface area contributed by atoms with Gasteiger partial charge in [0.1, 0.15) is 11.8 Å². The smallest absolute Gasteiger partial charge is 0.261 e. The summed E-state index contributed by atoms with van der Waals surface area (Å²) in [5.74, 6) is 0.112. The Morgan fingerprint density at radius 2 is 1.90 bits per heavy atom. The summed E-state index contributed by atoms with van der Waals surface area (Å²) in [6, 6.07) is 10.1. The molecule has 2 aromatic carbocycles. The van der Waals surface area contributed by atoms with Gasteiger partial charge in [-0.05, 0) is 55.2 Å². The maximum Gasteiger partial charge on any atom is 0.261 e. The molecule has 2 rings (SSSR count). The number of amides is 2. The molecular formula is C22H26Cl2N2O3. The van der Waals surface area contributed by atoms with Crippen LogP contribution in [0, 0.1) is 13.8 Å². The average Bonchev–Trinajstić information content (AvgIpc) is 2.70. The van der Waals surface area contributed by atoms with Crippen molar-refractivity contribution in [1.29, 1.82) is 0 Å². The Bertz CT molecular complexity index is 886. The van der Waals surface area contributed by atoms with Crippen molar-refractivity contribution in [2.45, 2.75) is 39.8 Å². The predicted molar refractivity (Wildman–Crippen MR) is 117 cm³/mol. The third kappa shape index (κ3) is 5.87. The second-order valence-corrected chi connectivity index (χ2v) is 7.63. The van der Waals surface area contributed by atoms with Crippen molar-refractivity contribution in [3.8, 4) is 5.75 Å². The van der Waals surface area contributed by atoms with Gasteiger partial charge in [-0.3, -0.25) is 9.59 Å². The van der Waals surface area contributed by atoms with Gasteiger partial charge in [0.2, 0.25) is 5.91 Å². The maximum atomic E-state index is 13.1. The van der Waals surface area contributed by atoms with Crippen LogP contribution in [0.2, 0.25) is 10.0 Å². The van der Waals surface area contributed by atoms with Crippen LogP contribution in [0.15, 0.2) is 36.4 Å². The maximum absolute atomic E-state index is 13.1. The number of hydrogen-bond acceptors (Lipinski definition) is 3. The van der Waals surface area contributed by atoms with Crippen LogP contribution in [0.1, 0.15) is 30.0 Å². The molecule has 0 saturated carbocycles. The molecule has 7 heteroatoms. The molecule has 5 nitrogen and oxygen atoms in total. The van der Waals surface area contributed by atoms with Crippen molar-refractivity contribution in [2.24, 2.45) is 0 Å². The molecule has 0 aliphatic carbocycles. The van der Waals surface area contributed by atoms with E-state index in [2.05, 4.69) is 5.32 Å². The summed E-state index contributed by atoms with van der Waals surface area (Å²) in [5.41, 5.74) is 2.76.